The predicted molar refractivity (Wildman–Crippen MR) is 51.7 cm³/mol. The summed E-state index contributed by atoms with van der Waals surface area (Å²) in [7, 11) is 0. The molecule has 0 aromatic heterocycles. The summed E-state index contributed by atoms with van der Waals surface area (Å²) >= 11 is 0. The number of nitrogens with zero attached hydrogens (tertiary/aromatic N) is 1. The van der Waals surface area contributed by atoms with E-state index in [0.29, 0.717) is 13.1 Å². The number of hydrogen-bond donors (Lipinski definition) is 3. The third kappa shape index (κ3) is 1.87. The molecule has 1 aromatic carbocycles. The van der Waals surface area contributed by atoms with Crippen LogP contribution in [0.2, 0.25) is 0 Å². The maximum atomic E-state index is 11.7. The van der Waals surface area contributed by atoms with Crippen LogP contribution in [-0.4, -0.2) is 45.3 Å². The molecule has 15 heavy (non-hydrogen) atoms. The normalized spacial score (nSPS) is 16.2. The summed E-state index contributed by atoms with van der Waals surface area (Å²) in [6.07, 6.45) is -0.458. The third-order valence-corrected chi connectivity index (χ3v) is 2.30. The molecule has 5 nitrogen and oxygen atoms in total. The zero-order chi connectivity index (χ0) is 11.0. The summed E-state index contributed by atoms with van der Waals surface area (Å²) < 4.78 is 0. The number of benzene rings is 1. The lowest BCUT2D eigenvalue weighted by molar-refractivity contribution is 0.00586. The number of amides is 1. The van der Waals surface area contributed by atoms with E-state index >= 15 is 0 Å². The van der Waals surface area contributed by atoms with Crippen LogP contribution in [0.1, 0.15) is 10.4 Å². The summed E-state index contributed by atoms with van der Waals surface area (Å²) in [6, 6.07) is 3.72. The molecule has 1 amide bonds. The minimum atomic E-state index is -0.458. The van der Waals surface area contributed by atoms with Crippen LogP contribution < -0.4 is 0 Å². The minimum absolute atomic E-state index is 0.153. The number of phenolic OH excluding ortho intramolecular Hbond substituents is 2. The Labute approximate surface area is 86.2 Å². The molecule has 1 heterocycles. The number of likely N-dealkylation sites (tertiary alicyclic amines) is 1. The molecule has 2 rings (SSSR count). The molecular formula is C10H11NO4. The van der Waals surface area contributed by atoms with Gasteiger partial charge in [0.1, 0.15) is 11.5 Å². The van der Waals surface area contributed by atoms with Gasteiger partial charge >= 0.3 is 0 Å². The molecule has 0 aliphatic carbocycles. The van der Waals surface area contributed by atoms with Crippen molar-refractivity contribution in [2.75, 3.05) is 13.1 Å². The van der Waals surface area contributed by atoms with E-state index in [-0.39, 0.29) is 23.0 Å². The number of phenols is 2. The summed E-state index contributed by atoms with van der Waals surface area (Å²) in [5, 5.41) is 27.4. The lowest BCUT2D eigenvalue weighted by Gasteiger charge is -2.35. The molecule has 1 fully saturated rings. The Balaban J connectivity index is 2.18. The summed E-state index contributed by atoms with van der Waals surface area (Å²) in [5.41, 5.74) is 0.222. The Hall–Kier alpha value is -1.75. The Morgan fingerprint density at radius 1 is 1.20 bits per heavy atom. The summed E-state index contributed by atoms with van der Waals surface area (Å²) in [6.45, 7) is 0.602. The van der Waals surface area contributed by atoms with Crippen molar-refractivity contribution in [3.8, 4) is 11.5 Å². The molecule has 0 spiro atoms. The maximum Gasteiger partial charge on any atom is 0.254 e. The second kappa shape index (κ2) is 3.43. The van der Waals surface area contributed by atoms with Crippen LogP contribution in [0, 0.1) is 0 Å². The highest BCUT2D eigenvalue weighted by Crippen LogP contribution is 2.22. The number of rotatable bonds is 1. The monoisotopic (exact) mass is 209 g/mol. The van der Waals surface area contributed by atoms with Gasteiger partial charge < -0.3 is 20.2 Å². The number of aliphatic hydroxyl groups is 1. The van der Waals surface area contributed by atoms with Crippen LogP contribution in [0.15, 0.2) is 18.2 Å². The lowest BCUT2D eigenvalue weighted by Crippen LogP contribution is -2.53. The van der Waals surface area contributed by atoms with E-state index in [9.17, 15) is 15.0 Å². The number of aromatic hydroxyl groups is 2. The van der Waals surface area contributed by atoms with Gasteiger partial charge in [0.2, 0.25) is 0 Å². The van der Waals surface area contributed by atoms with Crippen molar-refractivity contribution in [3.63, 3.8) is 0 Å². The summed E-state index contributed by atoms with van der Waals surface area (Å²) in [5.74, 6) is -0.606. The number of carbonyl (C=O) groups excluding carboxylic acids is 1. The molecule has 0 bridgehead atoms. The van der Waals surface area contributed by atoms with Gasteiger partial charge in [0, 0.05) is 24.7 Å². The molecule has 3 N–H and O–H groups in total. The number of hydrogen-bond acceptors (Lipinski definition) is 4. The first-order valence-electron chi connectivity index (χ1n) is 4.56. The van der Waals surface area contributed by atoms with Crippen molar-refractivity contribution in [1.82, 2.24) is 4.90 Å². The molecule has 80 valence electrons. The zero-order valence-electron chi connectivity index (χ0n) is 7.92. The van der Waals surface area contributed by atoms with Crippen LogP contribution in [0.5, 0.6) is 11.5 Å². The molecular weight excluding hydrogens is 198 g/mol. The Kier molecular flexibility index (Phi) is 2.24. The van der Waals surface area contributed by atoms with Gasteiger partial charge in [0.05, 0.1) is 6.10 Å². The van der Waals surface area contributed by atoms with E-state index in [1.165, 1.54) is 17.0 Å². The zero-order valence-corrected chi connectivity index (χ0v) is 7.92. The first-order chi connectivity index (χ1) is 7.06. The topological polar surface area (TPSA) is 81.0 Å². The van der Waals surface area contributed by atoms with Gasteiger partial charge in [-0.05, 0) is 12.1 Å². The lowest BCUT2D eigenvalue weighted by atomic mass is 10.1. The average molecular weight is 209 g/mol. The molecule has 1 aromatic rings. The Morgan fingerprint density at radius 2 is 1.73 bits per heavy atom. The number of aliphatic hydroxyl groups excluding tert-OH is 1. The largest absolute Gasteiger partial charge is 0.508 e. The maximum absolute atomic E-state index is 11.7. The summed E-state index contributed by atoms with van der Waals surface area (Å²) in [4.78, 5) is 13.1. The van der Waals surface area contributed by atoms with Crippen molar-refractivity contribution >= 4 is 5.91 Å². The quantitative estimate of drug-likeness (QED) is 0.604. The van der Waals surface area contributed by atoms with Crippen molar-refractivity contribution in [2.24, 2.45) is 0 Å². The molecule has 1 saturated heterocycles. The van der Waals surface area contributed by atoms with E-state index in [1.54, 1.807) is 0 Å². The predicted octanol–water partition coefficient (Wildman–Crippen LogP) is -0.0855. The van der Waals surface area contributed by atoms with E-state index in [1.807, 2.05) is 0 Å². The fourth-order valence-electron chi connectivity index (χ4n) is 1.52. The second-order valence-electron chi connectivity index (χ2n) is 3.60. The Bertz CT molecular complexity index is 378. The average Bonchev–Trinajstić information content (AvgIpc) is 2.10. The van der Waals surface area contributed by atoms with Crippen LogP contribution in [0.4, 0.5) is 0 Å². The van der Waals surface area contributed by atoms with Gasteiger partial charge in [-0.25, -0.2) is 0 Å². The molecule has 0 unspecified atom stereocenters. The van der Waals surface area contributed by atoms with Crippen molar-refractivity contribution in [1.29, 1.82) is 0 Å². The van der Waals surface area contributed by atoms with Gasteiger partial charge in [0.25, 0.3) is 5.91 Å². The first-order valence-corrected chi connectivity index (χ1v) is 4.56. The van der Waals surface area contributed by atoms with Crippen LogP contribution >= 0.6 is 0 Å². The second-order valence-corrected chi connectivity index (χ2v) is 3.60. The van der Waals surface area contributed by atoms with Gasteiger partial charge in [0.15, 0.2) is 0 Å². The van der Waals surface area contributed by atoms with E-state index in [2.05, 4.69) is 0 Å². The van der Waals surface area contributed by atoms with Crippen LogP contribution in [0.25, 0.3) is 0 Å². The van der Waals surface area contributed by atoms with E-state index in [0.717, 1.165) is 6.07 Å². The SMILES string of the molecule is O=C(c1cc(O)cc(O)c1)N1CC(O)C1. The van der Waals surface area contributed by atoms with Crippen molar-refractivity contribution < 1.29 is 20.1 Å². The Morgan fingerprint density at radius 3 is 2.20 bits per heavy atom. The van der Waals surface area contributed by atoms with Crippen LogP contribution in [0.3, 0.4) is 0 Å². The van der Waals surface area contributed by atoms with Crippen molar-refractivity contribution in [3.05, 3.63) is 23.8 Å². The van der Waals surface area contributed by atoms with Gasteiger partial charge in [-0.2, -0.15) is 0 Å². The van der Waals surface area contributed by atoms with E-state index < -0.39 is 6.10 Å². The minimum Gasteiger partial charge on any atom is -0.508 e. The van der Waals surface area contributed by atoms with Gasteiger partial charge in [-0.1, -0.05) is 0 Å². The molecule has 0 radical (unpaired) electrons. The van der Waals surface area contributed by atoms with Gasteiger partial charge in [-0.15, -0.1) is 0 Å². The molecule has 0 saturated carbocycles. The smallest absolute Gasteiger partial charge is 0.254 e. The van der Waals surface area contributed by atoms with Crippen LogP contribution in [-0.2, 0) is 0 Å². The molecule has 1 aliphatic heterocycles. The molecule has 5 heteroatoms. The van der Waals surface area contributed by atoms with E-state index in [4.69, 9.17) is 5.11 Å². The van der Waals surface area contributed by atoms with Gasteiger partial charge in [-0.3, -0.25) is 4.79 Å². The highest BCUT2D eigenvalue weighted by Gasteiger charge is 2.29. The molecule has 1 aliphatic rings. The number of β-amino-alcohol motifs (C(OH)–C–C–N with tert-alkyl or cyclic N) is 1. The fraction of sp³-hybridized carbons (Fsp3) is 0.300. The highest BCUT2D eigenvalue weighted by atomic mass is 16.3. The number of carbonyl (C=O) groups is 1. The molecule has 0 atom stereocenters. The first kappa shape index (κ1) is 9.79. The standard InChI is InChI=1S/C10H11NO4/c12-7-1-6(2-8(13)3-7)10(15)11-4-9(14)5-11/h1-3,9,12-14H,4-5H2. The highest BCUT2D eigenvalue weighted by molar-refractivity contribution is 5.95. The third-order valence-electron chi connectivity index (χ3n) is 2.30. The van der Waals surface area contributed by atoms with Crippen molar-refractivity contribution in [2.45, 2.75) is 6.10 Å². The fourth-order valence-corrected chi connectivity index (χ4v) is 1.52.